The molecule has 6 heteroatoms. The number of hydrogen-bond donors (Lipinski definition) is 0. The molecule has 18 heavy (non-hydrogen) atoms. The van der Waals surface area contributed by atoms with E-state index < -0.39 is 6.43 Å². The van der Waals surface area contributed by atoms with E-state index in [1.807, 2.05) is 0 Å². The van der Waals surface area contributed by atoms with E-state index in [0.717, 1.165) is 25.9 Å². The first kappa shape index (κ1) is 13.5. The van der Waals surface area contributed by atoms with Crippen molar-refractivity contribution >= 4 is 11.6 Å². The summed E-state index contributed by atoms with van der Waals surface area (Å²) in [5, 5.41) is -0.209. The van der Waals surface area contributed by atoms with Gasteiger partial charge in [-0.05, 0) is 18.9 Å². The van der Waals surface area contributed by atoms with Gasteiger partial charge >= 0.3 is 0 Å². The van der Waals surface area contributed by atoms with E-state index in [1.165, 1.54) is 12.1 Å². The first-order valence-corrected chi connectivity index (χ1v) is 6.23. The van der Waals surface area contributed by atoms with Crippen LogP contribution in [0.3, 0.4) is 0 Å². The molecule has 1 saturated heterocycles. The third-order valence-corrected chi connectivity index (χ3v) is 3.10. The molecule has 0 amide bonds. The molecule has 1 aromatic heterocycles. The summed E-state index contributed by atoms with van der Waals surface area (Å²) >= 11 is 5.63. The van der Waals surface area contributed by atoms with Gasteiger partial charge in [0.1, 0.15) is 5.15 Å². The van der Waals surface area contributed by atoms with Crippen LogP contribution in [0.15, 0.2) is 12.1 Å². The number of aromatic nitrogens is 1. The molecule has 3 nitrogen and oxygen atoms in total. The highest BCUT2D eigenvalue weighted by Crippen LogP contribution is 2.27. The molecule has 100 valence electrons. The Hall–Kier alpha value is -0.940. The van der Waals surface area contributed by atoms with E-state index in [4.69, 9.17) is 21.1 Å². The van der Waals surface area contributed by atoms with Crippen LogP contribution in [0.4, 0.5) is 8.78 Å². The van der Waals surface area contributed by atoms with Gasteiger partial charge in [-0.15, -0.1) is 0 Å². The molecule has 1 aromatic rings. The monoisotopic (exact) mass is 277 g/mol. The fourth-order valence-electron chi connectivity index (χ4n) is 1.84. The summed E-state index contributed by atoms with van der Waals surface area (Å²) in [5.41, 5.74) is -0.275. The van der Waals surface area contributed by atoms with Crippen LogP contribution in [-0.2, 0) is 4.74 Å². The summed E-state index contributed by atoms with van der Waals surface area (Å²) in [6, 6.07) is 2.64. The Morgan fingerprint density at radius 3 is 2.94 bits per heavy atom. The SMILES string of the molecule is FC(F)c1ccc(OCCC2CCCO2)nc1Cl. The molecule has 0 aromatic carbocycles. The van der Waals surface area contributed by atoms with E-state index in [-0.39, 0.29) is 22.7 Å². The summed E-state index contributed by atoms with van der Waals surface area (Å²) in [7, 11) is 0. The van der Waals surface area contributed by atoms with E-state index in [1.54, 1.807) is 0 Å². The normalized spacial score (nSPS) is 19.4. The van der Waals surface area contributed by atoms with Gasteiger partial charge in [-0.25, -0.2) is 13.8 Å². The minimum atomic E-state index is -2.62. The number of halogens is 3. The van der Waals surface area contributed by atoms with Gasteiger partial charge in [0, 0.05) is 19.1 Å². The standard InChI is InChI=1S/C12H14ClF2NO2/c13-11-9(12(14)15)3-4-10(16-11)18-7-5-8-2-1-6-17-8/h3-4,8,12H,1-2,5-7H2. The van der Waals surface area contributed by atoms with Crippen molar-refractivity contribution in [3.8, 4) is 5.88 Å². The lowest BCUT2D eigenvalue weighted by atomic mass is 10.2. The maximum Gasteiger partial charge on any atom is 0.266 e. The molecule has 2 heterocycles. The number of ether oxygens (including phenoxy) is 2. The second kappa shape index (κ2) is 6.29. The predicted octanol–water partition coefficient (Wildman–Crippen LogP) is 3.62. The fourth-order valence-corrected chi connectivity index (χ4v) is 2.07. The molecule has 2 rings (SSSR count). The number of nitrogens with zero attached hydrogens (tertiary/aromatic N) is 1. The van der Waals surface area contributed by atoms with Crippen LogP contribution in [-0.4, -0.2) is 24.3 Å². The van der Waals surface area contributed by atoms with Crippen molar-refractivity contribution < 1.29 is 18.3 Å². The molecular formula is C12H14ClF2NO2. The molecule has 1 aliphatic rings. The molecule has 0 aliphatic carbocycles. The summed E-state index contributed by atoms with van der Waals surface area (Å²) < 4.78 is 35.7. The van der Waals surface area contributed by atoms with Gasteiger partial charge in [-0.2, -0.15) is 0 Å². The first-order valence-electron chi connectivity index (χ1n) is 5.86. The number of hydrogen-bond acceptors (Lipinski definition) is 3. The van der Waals surface area contributed by atoms with E-state index in [0.29, 0.717) is 6.61 Å². The summed E-state index contributed by atoms with van der Waals surface area (Å²) in [4.78, 5) is 3.78. The zero-order valence-corrected chi connectivity index (χ0v) is 10.5. The van der Waals surface area contributed by atoms with Gasteiger partial charge in [0.05, 0.1) is 18.3 Å². The molecule has 0 N–H and O–H groups in total. The van der Waals surface area contributed by atoms with Crippen LogP contribution < -0.4 is 4.74 Å². The Labute approximate surface area is 109 Å². The van der Waals surface area contributed by atoms with Gasteiger partial charge < -0.3 is 9.47 Å². The van der Waals surface area contributed by atoms with Crippen molar-refractivity contribution in [3.05, 3.63) is 22.8 Å². The zero-order chi connectivity index (χ0) is 13.0. The van der Waals surface area contributed by atoms with Crippen LogP contribution in [0.1, 0.15) is 31.3 Å². The van der Waals surface area contributed by atoms with Crippen molar-refractivity contribution in [1.29, 1.82) is 0 Å². The van der Waals surface area contributed by atoms with Gasteiger partial charge in [-0.1, -0.05) is 11.6 Å². The third kappa shape index (κ3) is 3.53. The Morgan fingerprint density at radius 2 is 2.33 bits per heavy atom. The largest absolute Gasteiger partial charge is 0.478 e. The van der Waals surface area contributed by atoms with Gasteiger partial charge in [0.25, 0.3) is 6.43 Å². The molecule has 1 unspecified atom stereocenters. The van der Waals surface area contributed by atoms with Crippen molar-refractivity contribution in [3.63, 3.8) is 0 Å². The van der Waals surface area contributed by atoms with E-state index >= 15 is 0 Å². The lowest BCUT2D eigenvalue weighted by molar-refractivity contribution is 0.0896. The van der Waals surface area contributed by atoms with Crippen LogP contribution in [0.2, 0.25) is 5.15 Å². The van der Waals surface area contributed by atoms with Gasteiger partial charge in [0.2, 0.25) is 5.88 Å². The smallest absolute Gasteiger partial charge is 0.266 e. The minimum absolute atomic E-state index is 0.209. The van der Waals surface area contributed by atoms with Crippen LogP contribution in [0.5, 0.6) is 5.88 Å². The Balaban J connectivity index is 1.84. The lowest BCUT2D eigenvalue weighted by Crippen LogP contribution is -2.11. The topological polar surface area (TPSA) is 31.4 Å². The highest BCUT2D eigenvalue weighted by molar-refractivity contribution is 6.30. The lowest BCUT2D eigenvalue weighted by Gasteiger charge is -2.10. The summed E-state index contributed by atoms with van der Waals surface area (Å²) in [6.45, 7) is 1.25. The second-order valence-electron chi connectivity index (χ2n) is 4.10. The van der Waals surface area contributed by atoms with Gasteiger partial charge in [-0.3, -0.25) is 0 Å². The quantitative estimate of drug-likeness (QED) is 0.770. The van der Waals surface area contributed by atoms with E-state index in [9.17, 15) is 8.78 Å². The molecule has 0 radical (unpaired) electrons. The summed E-state index contributed by atoms with van der Waals surface area (Å²) in [5.74, 6) is 0.266. The number of rotatable bonds is 5. The average molecular weight is 278 g/mol. The predicted molar refractivity (Wildman–Crippen MR) is 63.3 cm³/mol. The molecular weight excluding hydrogens is 264 g/mol. The molecule has 0 saturated carbocycles. The maximum absolute atomic E-state index is 12.4. The van der Waals surface area contributed by atoms with Crippen molar-refractivity contribution in [2.75, 3.05) is 13.2 Å². The second-order valence-corrected chi connectivity index (χ2v) is 4.46. The Kier molecular flexibility index (Phi) is 4.72. The van der Waals surface area contributed by atoms with Crippen LogP contribution in [0.25, 0.3) is 0 Å². The fraction of sp³-hybridized carbons (Fsp3) is 0.583. The number of alkyl halides is 2. The van der Waals surface area contributed by atoms with Crippen molar-refractivity contribution in [2.24, 2.45) is 0 Å². The van der Waals surface area contributed by atoms with Crippen LogP contribution in [0, 0.1) is 0 Å². The Bertz CT molecular complexity index is 398. The molecule has 1 fully saturated rings. The molecule has 1 aliphatic heterocycles. The van der Waals surface area contributed by atoms with Crippen LogP contribution >= 0.6 is 11.6 Å². The van der Waals surface area contributed by atoms with Crippen molar-refractivity contribution in [2.45, 2.75) is 31.8 Å². The Morgan fingerprint density at radius 1 is 1.50 bits per heavy atom. The van der Waals surface area contributed by atoms with Crippen molar-refractivity contribution in [1.82, 2.24) is 4.98 Å². The zero-order valence-electron chi connectivity index (χ0n) is 9.74. The summed E-state index contributed by atoms with van der Waals surface area (Å²) in [6.07, 6.45) is 0.516. The molecule has 0 spiro atoms. The number of pyridine rings is 1. The maximum atomic E-state index is 12.4. The highest BCUT2D eigenvalue weighted by atomic mass is 35.5. The minimum Gasteiger partial charge on any atom is -0.478 e. The molecule has 0 bridgehead atoms. The first-order chi connectivity index (χ1) is 8.66. The third-order valence-electron chi connectivity index (χ3n) is 2.80. The van der Waals surface area contributed by atoms with Gasteiger partial charge in [0.15, 0.2) is 0 Å². The average Bonchev–Trinajstić information content (AvgIpc) is 2.81. The molecule has 1 atom stereocenters. The van der Waals surface area contributed by atoms with E-state index in [2.05, 4.69) is 4.98 Å². The highest BCUT2D eigenvalue weighted by Gasteiger charge is 2.16.